The lowest BCUT2D eigenvalue weighted by molar-refractivity contribution is -0.154. The molecule has 7 rings (SSSR count). The minimum atomic E-state index is -1.19. The number of likely N-dealkylation sites (tertiary alicyclic amines) is 1. The van der Waals surface area contributed by atoms with E-state index in [-0.39, 0.29) is 17.7 Å². The van der Waals surface area contributed by atoms with Gasteiger partial charge in [0.25, 0.3) is 0 Å². The van der Waals surface area contributed by atoms with Crippen LogP contribution in [0.1, 0.15) is 28.7 Å². The molecule has 2 aromatic carbocycles. The number of phenolic OH excluding ortho intramolecular Hbond substituents is 1. The molecule has 39 heavy (non-hydrogen) atoms. The third-order valence-corrected chi connectivity index (χ3v) is 9.41. The Morgan fingerprint density at radius 3 is 2.85 bits per heavy atom. The predicted octanol–water partition coefficient (Wildman–Crippen LogP) is 3.70. The normalized spacial score (nSPS) is 30.3. The van der Waals surface area contributed by atoms with Crippen LogP contribution in [0, 0.1) is 0 Å². The third-order valence-electron chi connectivity index (χ3n) is 9.41. The number of nitrogens with zero attached hydrogens (tertiary/aromatic N) is 2. The van der Waals surface area contributed by atoms with Crippen LogP contribution < -0.4 is 4.74 Å². The molecule has 1 amide bonds. The summed E-state index contributed by atoms with van der Waals surface area (Å²) >= 11 is 0. The minimum Gasteiger partial charge on any atom is -0.504 e. The number of likely N-dealkylation sites (N-methyl/N-ethyl adjacent to an activating group) is 1. The van der Waals surface area contributed by atoms with Crippen molar-refractivity contribution in [3.05, 3.63) is 102 Å². The molecule has 3 heterocycles. The first kappa shape index (κ1) is 24.2. The zero-order valence-corrected chi connectivity index (χ0v) is 21.9. The first-order chi connectivity index (χ1) is 18.9. The van der Waals surface area contributed by atoms with Crippen molar-refractivity contribution in [3.8, 4) is 11.5 Å². The van der Waals surface area contributed by atoms with Gasteiger partial charge in [-0.2, -0.15) is 0 Å². The maximum Gasteiger partial charge on any atom is 0.246 e. The summed E-state index contributed by atoms with van der Waals surface area (Å²) in [6.45, 7) is 1.64. The topological polar surface area (TPSA) is 86.4 Å². The van der Waals surface area contributed by atoms with Crippen molar-refractivity contribution in [2.24, 2.45) is 0 Å². The lowest BCUT2D eigenvalue weighted by atomic mass is 9.50. The largest absolute Gasteiger partial charge is 0.504 e. The van der Waals surface area contributed by atoms with Gasteiger partial charge in [-0.3, -0.25) is 9.69 Å². The number of amides is 1. The van der Waals surface area contributed by atoms with E-state index in [4.69, 9.17) is 9.15 Å². The Labute approximate surface area is 227 Å². The SMILES string of the molecule is CN(C(=O)/C=C/c1ccoc1)[C@@H]1C=C[C@@]2(O)[C@H]3Cc4ccc(O)c5c4[C@@]2(CCN3CCc2ccccc2)[C@H]1O5. The van der Waals surface area contributed by atoms with Crippen molar-refractivity contribution in [1.29, 1.82) is 0 Å². The molecule has 3 aromatic rings. The van der Waals surface area contributed by atoms with Gasteiger partial charge in [0, 0.05) is 36.8 Å². The second-order valence-electron chi connectivity index (χ2n) is 11.2. The highest BCUT2D eigenvalue weighted by molar-refractivity contribution is 5.92. The number of rotatable bonds is 6. The molecule has 7 nitrogen and oxygen atoms in total. The Morgan fingerprint density at radius 1 is 1.21 bits per heavy atom. The number of aliphatic hydroxyl groups is 1. The Kier molecular flexibility index (Phi) is 5.51. The van der Waals surface area contributed by atoms with Gasteiger partial charge in [-0.15, -0.1) is 0 Å². The van der Waals surface area contributed by atoms with Crippen molar-refractivity contribution in [2.45, 2.75) is 48.5 Å². The van der Waals surface area contributed by atoms with E-state index in [1.807, 2.05) is 24.3 Å². The predicted molar refractivity (Wildman–Crippen MR) is 146 cm³/mol. The maximum atomic E-state index is 13.3. The minimum absolute atomic E-state index is 0.0809. The highest BCUT2D eigenvalue weighted by atomic mass is 16.5. The van der Waals surface area contributed by atoms with E-state index < -0.39 is 23.2 Å². The fraction of sp³-hybridized carbons (Fsp3) is 0.344. The zero-order valence-electron chi connectivity index (χ0n) is 21.9. The second-order valence-corrected chi connectivity index (χ2v) is 11.2. The van der Waals surface area contributed by atoms with Crippen LogP contribution in [0.25, 0.3) is 6.08 Å². The van der Waals surface area contributed by atoms with Gasteiger partial charge in [0.05, 0.1) is 24.0 Å². The van der Waals surface area contributed by atoms with Gasteiger partial charge in [-0.05, 0) is 55.1 Å². The molecule has 2 aliphatic carbocycles. The molecule has 2 bridgehead atoms. The molecule has 200 valence electrons. The fourth-order valence-corrected chi connectivity index (χ4v) is 7.49. The van der Waals surface area contributed by atoms with E-state index in [0.717, 1.165) is 36.2 Å². The Bertz CT molecular complexity index is 1470. The van der Waals surface area contributed by atoms with E-state index in [0.29, 0.717) is 18.6 Å². The van der Waals surface area contributed by atoms with E-state index >= 15 is 0 Å². The van der Waals surface area contributed by atoms with E-state index in [9.17, 15) is 15.0 Å². The van der Waals surface area contributed by atoms with Crippen LogP contribution in [0.3, 0.4) is 0 Å². The van der Waals surface area contributed by atoms with Gasteiger partial charge in [-0.1, -0.05) is 48.6 Å². The number of piperidine rings is 1. The van der Waals surface area contributed by atoms with Crippen LogP contribution in [0.15, 0.2) is 83.7 Å². The number of aromatic hydroxyl groups is 1. The standard InChI is InChI=1S/C32H32N2O5/c1-33(27(36)10-7-22-13-18-38-20-22)24-11-14-32(37)26-19-23-8-9-25(35)29-28(23)31(32,30(24)39-29)15-17-34(26)16-12-21-5-3-2-4-6-21/h2-11,13-14,18,20,24,26,30,35,37H,12,15-17,19H2,1H3/b10-7+/t24-,26-,30+,31+,32-/m1/s1. The molecule has 5 atom stereocenters. The van der Waals surface area contributed by atoms with Crippen molar-refractivity contribution in [1.82, 2.24) is 9.80 Å². The van der Waals surface area contributed by atoms with E-state index in [1.54, 1.807) is 42.7 Å². The maximum absolute atomic E-state index is 13.3. The smallest absolute Gasteiger partial charge is 0.246 e. The van der Waals surface area contributed by atoms with Crippen LogP contribution in [-0.2, 0) is 23.1 Å². The van der Waals surface area contributed by atoms with Crippen LogP contribution in [-0.4, -0.2) is 69.8 Å². The number of carbonyl (C=O) groups is 1. The first-order valence-corrected chi connectivity index (χ1v) is 13.6. The van der Waals surface area contributed by atoms with Crippen LogP contribution >= 0.6 is 0 Å². The molecule has 0 unspecified atom stereocenters. The van der Waals surface area contributed by atoms with E-state index in [2.05, 4.69) is 29.2 Å². The van der Waals surface area contributed by atoms with Gasteiger partial charge in [0.15, 0.2) is 11.5 Å². The monoisotopic (exact) mass is 524 g/mol. The highest BCUT2D eigenvalue weighted by Crippen LogP contribution is 2.64. The molecular formula is C32H32N2O5. The Morgan fingerprint density at radius 2 is 2.05 bits per heavy atom. The molecule has 4 aliphatic rings. The summed E-state index contributed by atoms with van der Waals surface area (Å²) in [6.07, 6.45) is 12.0. The van der Waals surface area contributed by atoms with Crippen LogP contribution in [0.2, 0.25) is 0 Å². The number of hydrogen-bond donors (Lipinski definition) is 2. The van der Waals surface area contributed by atoms with Gasteiger partial charge < -0.3 is 24.3 Å². The molecule has 0 saturated carbocycles. The molecule has 0 radical (unpaired) electrons. The molecular weight excluding hydrogens is 492 g/mol. The lowest BCUT2D eigenvalue weighted by Crippen LogP contribution is -2.76. The van der Waals surface area contributed by atoms with E-state index in [1.165, 1.54) is 11.6 Å². The summed E-state index contributed by atoms with van der Waals surface area (Å²) in [6, 6.07) is 15.3. The second kappa shape index (κ2) is 8.86. The number of benzene rings is 2. The summed E-state index contributed by atoms with van der Waals surface area (Å²) in [7, 11) is 1.76. The number of hydrogen-bond acceptors (Lipinski definition) is 6. The molecule has 1 aromatic heterocycles. The number of ether oxygens (including phenoxy) is 1. The van der Waals surface area contributed by atoms with Gasteiger partial charge >= 0.3 is 0 Å². The molecule has 2 aliphatic heterocycles. The zero-order chi connectivity index (χ0) is 26.8. The molecule has 2 N–H and O–H groups in total. The molecule has 1 saturated heterocycles. The number of furan rings is 1. The lowest BCUT2D eigenvalue weighted by Gasteiger charge is -2.62. The number of phenols is 1. The number of carbonyl (C=O) groups excluding carboxylic acids is 1. The summed E-state index contributed by atoms with van der Waals surface area (Å²) in [4.78, 5) is 17.3. The van der Waals surface area contributed by atoms with Gasteiger partial charge in [0.1, 0.15) is 11.7 Å². The van der Waals surface area contributed by atoms with Crippen molar-refractivity contribution in [3.63, 3.8) is 0 Å². The van der Waals surface area contributed by atoms with Crippen molar-refractivity contribution in [2.75, 3.05) is 20.1 Å². The van der Waals surface area contributed by atoms with Crippen molar-refractivity contribution >= 4 is 12.0 Å². The average molecular weight is 525 g/mol. The Hall–Kier alpha value is -3.81. The Balaban J connectivity index is 1.26. The van der Waals surface area contributed by atoms with Crippen molar-refractivity contribution < 1.29 is 24.2 Å². The highest BCUT2D eigenvalue weighted by Gasteiger charge is 2.72. The summed E-state index contributed by atoms with van der Waals surface area (Å²) in [5, 5.41) is 23.5. The molecule has 1 spiro atoms. The van der Waals surface area contributed by atoms with Crippen LogP contribution in [0.4, 0.5) is 0 Å². The summed E-state index contributed by atoms with van der Waals surface area (Å²) in [5.74, 6) is 0.359. The van der Waals surface area contributed by atoms with Gasteiger partial charge in [0.2, 0.25) is 5.91 Å². The van der Waals surface area contributed by atoms with Gasteiger partial charge in [-0.25, -0.2) is 0 Å². The third kappa shape index (κ3) is 3.46. The molecule has 1 fully saturated rings. The fourth-order valence-electron chi connectivity index (χ4n) is 7.49. The molecule has 7 heteroatoms. The first-order valence-electron chi connectivity index (χ1n) is 13.6. The van der Waals surface area contributed by atoms with Crippen LogP contribution in [0.5, 0.6) is 11.5 Å². The summed E-state index contributed by atoms with van der Waals surface area (Å²) in [5.41, 5.74) is 2.15. The summed E-state index contributed by atoms with van der Waals surface area (Å²) < 4.78 is 11.7. The average Bonchev–Trinajstić information content (AvgIpc) is 3.59. The quantitative estimate of drug-likeness (QED) is 0.378.